The Kier molecular flexibility index (Phi) is 4.68. The van der Waals surface area contributed by atoms with Crippen LogP contribution in [0.15, 0.2) is 23.1 Å². The van der Waals surface area contributed by atoms with Crippen LogP contribution in [-0.2, 0) is 16.6 Å². The Balaban J connectivity index is 2.99. The van der Waals surface area contributed by atoms with E-state index in [4.69, 9.17) is 5.73 Å². The van der Waals surface area contributed by atoms with Gasteiger partial charge in [0.1, 0.15) is 0 Å². The van der Waals surface area contributed by atoms with E-state index >= 15 is 0 Å². The Labute approximate surface area is 103 Å². The minimum Gasteiger partial charge on any atom is -0.326 e. The molecule has 0 bridgehead atoms. The highest BCUT2D eigenvalue weighted by atomic mass is 32.2. The molecule has 0 amide bonds. The van der Waals surface area contributed by atoms with Crippen LogP contribution in [0, 0.1) is 12.8 Å². The van der Waals surface area contributed by atoms with Crippen molar-refractivity contribution in [3.05, 3.63) is 29.3 Å². The van der Waals surface area contributed by atoms with Crippen molar-refractivity contribution in [2.45, 2.75) is 32.2 Å². The predicted molar refractivity (Wildman–Crippen MR) is 69.1 cm³/mol. The van der Waals surface area contributed by atoms with E-state index in [0.29, 0.717) is 18.0 Å². The third-order valence-electron chi connectivity index (χ3n) is 2.45. The molecule has 3 N–H and O–H groups in total. The lowest BCUT2D eigenvalue weighted by Gasteiger charge is -2.11. The molecule has 5 heteroatoms. The molecule has 0 aromatic heterocycles. The van der Waals surface area contributed by atoms with Gasteiger partial charge in [-0.25, -0.2) is 13.1 Å². The summed E-state index contributed by atoms with van der Waals surface area (Å²) >= 11 is 0. The number of hydrogen-bond donors (Lipinski definition) is 2. The summed E-state index contributed by atoms with van der Waals surface area (Å²) in [6.45, 7) is 6.57. The van der Waals surface area contributed by atoms with E-state index < -0.39 is 10.0 Å². The number of rotatable bonds is 5. The number of sulfonamides is 1. The smallest absolute Gasteiger partial charge is 0.240 e. The van der Waals surface area contributed by atoms with Gasteiger partial charge in [0, 0.05) is 13.1 Å². The van der Waals surface area contributed by atoms with Crippen LogP contribution >= 0.6 is 0 Å². The van der Waals surface area contributed by atoms with Crippen LogP contribution in [0.5, 0.6) is 0 Å². The molecule has 1 aromatic rings. The fourth-order valence-electron chi connectivity index (χ4n) is 1.49. The summed E-state index contributed by atoms with van der Waals surface area (Å²) in [6, 6.07) is 5.17. The average molecular weight is 256 g/mol. The summed E-state index contributed by atoms with van der Waals surface area (Å²) in [7, 11) is -3.40. The van der Waals surface area contributed by atoms with E-state index in [1.54, 1.807) is 19.1 Å². The standard InChI is InChI=1S/C12H20N2O2S/c1-9(2)8-14-17(15,16)12-5-4-11(7-13)6-10(12)3/h4-6,9,14H,7-8,13H2,1-3H3. The molecule has 0 aliphatic heterocycles. The molecule has 4 nitrogen and oxygen atoms in total. The average Bonchev–Trinajstić information content (AvgIpc) is 2.26. The summed E-state index contributed by atoms with van der Waals surface area (Å²) in [6.07, 6.45) is 0. The second-order valence-electron chi connectivity index (χ2n) is 4.55. The molecule has 0 radical (unpaired) electrons. The van der Waals surface area contributed by atoms with Crippen molar-refractivity contribution in [3.63, 3.8) is 0 Å². The van der Waals surface area contributed by atoms with Crippen molar-refractivity contribution in [2.75, 3.05) is 6.54 Å². The molecule has 1 rings (SSSR count). The second-order valence-corrected chi connectivity index (χ2v) is 6.29. The van der Waals surface area contributed by atoms with Crippen LogP contribution in [0.25, 0.3) is 0 Å². The van der Waals surface area contributed by atoms with Crippen molar-refractivity contribution in [2.24, 2.45) is 11.7 Å². The van der Waals surface area contributed by atoms with Crippen LogP contribution in [-0.4, -0.2) is 15.0 Å². The van der Waals surface area contributed by atoms with Crippen molar-refractivity contribution in [1.82, 2.24) is 4.72 Å². The number of nitrogens with two attached hydrogens (primary N) is 1. The molecule has 0 heterocycles. The minimum atomic E-state index is -3.40. The number of benzene rings is 1. The van der Waals surface area contributed by atoms with Crippen LogP contribution in [0.2, 0.25) is 0 Å². The van der Waals surface area contributed by atoms with Gasteiger partial charge < -0.3 is 5.73 Å². The SMILES string of the molecule is Cc1cc(CN)ccc1S(=O)(=O)NCC(C)C. The second kappa shape index (κ2) is 5.62. The Bertz CT molecular complexity index is 481. The number of aryl methyl sites for hydroxylation is 1. The minimum absolute atomic E-state index is 0.286. The Morgan fingerprint density at radius 2 is 2.00 bits per heavy atom. The maximum Gasteiger partial charge on any atom is 0.240 e. The van der Waals surface area contributed by atoms with E-state index in [2.05, 4.69) is 4.72 Å². The van der Waals surface area contributed by atoms with E-state index in [9.17, 15) is 8.42 Å². The van der Waals surface area contributed by atoms with E-state index in [-0.39, 0.29) is 5.92 Å². The van der Waals surface area contributed by atoms with Crippen molar-refractivity contribution >= 4 is 10.0 Å². The highest BCUT2D eigenvalue weighted by Gasteiger charge is 2.16. The Hall–Kier alpha value is -0.910. The third kappa shape index (κ3) is 3.80. The van der Waals surface area contributed by atoms with Gasteiger partial charge in [-0.15, -0.1) is 0 Å². The van der Waals surface area contributed by atoms with E-state index in [1.807, 2.05) is 19.9 Å². The van der Waals surface area contributed by atoms with E-state index in [1.165, 1.54) is 0 Å². The molecule has 17 heavy (non-hydrogen) atoms. The fourth-order valence-corrected chi connectivity index (χ4v) is 2.93. The molecular weight excluding hydrogens is 236 g/mol. The molecule has 0 aliphatic carbocycles. The van der Waals surface area contributed by atoms with Gasteiger partial charge in [0.25, 0.3) is 0 Å². The van der Waals surface area contributed by atoms with Crippen LogP contribution in [0.4, 0.5) is 0 Å². The van der Waals surface area contributed by atoms with Gasteiger partial charge in [0.15, 0.2) is 0 Å². The summed E-state index contributed by atoms with van der Waals surface area (Å²) < 4.78 is 26.6. The first-order valence-corrected chi connectivity index (χ1v) is 7.14. The predicted octanol–water partition coefficient (Wildman–Crippen LogP) is 1.39. The lowest BCUT2D eigenvalue weighted by atomic mass is 10.1. The molecular formula is C12H20N2O2S. The molecule has 0 saturated carbocycles. The first-order valence-electron chi connectivity index (χ1n) is 5.66. The van der Waals surface area contributed by atoms with Crippen molar-refractivity contribution in [3.8, 4) is 0 Å². The largest absolute Gasteiger partial charge is 0.326 e. The molecule has 0 aliphatic rings. The van der Waals surface area contributed by atoms with Crippen molar-refractivity contribution in [1.29, 1.82) is 0 Å². The summed E-state index contributed by atoms with van der Waals surface area (Å²) in [5.41, 5.74) is 7.17. The molecule has 0 unspecified atom stereocenters. The first kappa shape index (κ1) is 14.2. The van der Waals surface area contributed by atoms with Gasteiger partial charge in [-0.2, -0.15) is 0 Å². The lowest BCUT2D eigenvalue weighted by molar-refractivity contribution is 0.559. The Morgan fingerprint density at radius 1 is 1.35 bits per heavy atom. The monoisotopic (exact) mass is 256 g/mol. The summed E-state index contributed by atoms with van der Waals surface area (Å²) in [4.78, 5) is 0.329. The third-order valence-corrected chi connectivity index (χ3v) is 4.03. The molecule has 0 spiro atoms. The van der Waals surface area contributed by atoms with Gasteiger partial charge in [-0.05, 0) is 30.0 Å². The molecule has 0 fully saturated rings. The quantitative estimate of drug-likeness (QED) is 0.836. The van der Waals surface area contributed by atoms with Gasteiger partial charge in [-0.1, -0.05) is 26.0 Å². The lowest BCUT2D eigenvalue weighted by Crippen LogP contribution is -2.28. The number of hydrogen-bond acceptors (Lipinski definition) is 3. The molecule has 0 atom stereocenters. The highest BCUT2D eigenvalue weighted by molar-refractivity contribution is 7.89. The highest BCUT2D eigenvalue weighted by Crippen LogP contribution is 2.16. The van der Waals surface area contributed by atoms with Crippen LogP contribution in [0.1, 0.15) is 25.0 Å². The fraction of sp³-hybridized carbons (Fsp3) is 0.500. The van der Waals surface area contributed by atoms with Crippen LogP contribution in [0.3, 0.4) is 0 Å². The molecule has 0 saturated heterocycles. The maximum atomic E-state index is 12.0. The first-order chi connectivity index (χ1) is 7.86. The molecule has 1 aromatic carbocycles. The van der Waals surface area contributed by atoms with Crippen molar-refractivity contribution < 1.29 is 8.42 Å². The zero-order valence-electron chi connectivity index (χ0n) is 10.5. The van der Waals surface area contributed by atoms with E-state index in [0.717, 1.165) is 11.1 Å². The van der Waals surface area contributed by atoms with Gasteiger partial charge in [0.05, 0.1) is 4.90 Å². The van der Waals surface area contributed by atoms with Crippen LogP contribution < -0.4 is 10.5 Å². The maximum absolute atomic E-state index is 12.0. The Morgan fingerprint density at radius 3 is 2.47 bits per heavy atom. The summed E-state index contributed by atoms with van der Waals surface area (Å²) in [5, 5.41) is 0. The van der Waals surface area contributed by atoms with Gasteiger partial charge in [0.2, 0.25) is 10.0 Å². The van der Waals surface area contributed by atoms with Gasteiger partial charge in [-0.3, -0.25) is 0 Å². The normalized spacial score (nSPS) is 12.1. The molecule has 96 valence electrons. The van der Waals surface area contributed by atoms with Gasteiger partial charge >= 0.3 is 0 Å². The zero-order chi connectivity index (χ0) is 13.1. The number of nitrogens with one attached hydrogen (secondary N) is 1. The zero-order valence-corrected chi connectivity index (χ0v) is 11.3. The summed E-state index contributed by atoms with van der Waals surface area (Å²) in [5.74, 6) is 0.286. The topological polar surface area (TPSA) is 72.2 Å².